The molecule has 1 amide bonds. The first-order valence-electron chi connectivity index (χ1n) is 8.30. The summed E-state index contributed by atoms with van der Waals surface area (Å²) in [6.45, 7) is 6.44. The van der Waals surface area contributed by atoms with Gasteiger partial charge in [-0.15, -0.1) is 0 Å². The van der Waals surface area contributed by atoms with E-state index in [-0.39, 0.29) is 5.91 Å². The average molecular weight is 305 g/mol. The first kappa shape index (κ1) is 17.0. The Morgan fingerprint density at radius 3 is 2.27 bits per heavy atom. The van der Waals surface area contributed by atoms with Crippen LogP contribution in [0.25, 0.3) is 0 Å². The lowest BCUT2D eigenvalue weighted by Crippen LogP contribution is -2.36. The Morgan fingerprint density at radius 2 is 1.77 bits per heavy atom. The summed E-state index contributed by atoms with van der Waals surface area (Å²) in [5.41, 5.74) is 2.07. The maximum atomic E-state index is 12.2. The van der Waals surface area contributed by atoms with Gasteiger partial charge in [0, 0.05) is 25.8 Å². The summed E-state index contributed by atoms with van der Waals surface area (Å²) in [6, 6.07) is 7.99. The van der Waals surface area contributed by atoms with E-state index < -0.39 is 5.79 Å². The first-order chi connectivity index (χ1) is 10.7. The lowest BCUT2D eigenvalue weighted by Gasteiger charge is -2.26. The van der Waals surface area contributed by atoms with Gasteiger partial charge >= 0.3 is 0 Å². The Kier molecular flexibility index (Phi) is 5.98. The topological polar surface area (TPSA) is 42.1 Å². The van der Waals surface area contributed by atoms with Crippen molar-refractivity contribution >= 4 is 5.91 Å². The molecule has 0 spiro atoms. The zero-order chi connectivity index (χ0) is 16.0. The summed E-state index contributed by atoms with van der Waals surface area (Å²) in [7, 11) is 1.65. The van der Waals surface area contributed by atoms with E-state index in [4.69, 9.17) is 9.47 Å². The number of methoxy groups -OCH3 is 1. The maximum Gasteiger partial charge on any atom is 0.226 e. The Morgan fingerprint density at radius 1 is 1.18 bits per heavy atom. The normalized spacial score (nSPS) is 23.5. The predicted octanol–water partition coefficient (Wildman–Crippen LogP) is 3.10. The van der Waals surface area contributed by atoms with Gasteiger partial charge in [0.2, 0.25) is 11.7 Å². The average Bonchev–Trinajstić information content (AvgIpc) is 3.39. The number of piperidine rings is 1. The summed E-state index contributed by atoms with van der Waals surface area (Å²) in [6.07, 6.45) is 4.01. The lowest BCUT2D eigenvalue weighted by molar-refractivity contribution is -0.131. The van der Waals surface area contributed by atoms with Gasteiger partial charge in [-0.3, -0.25) is 4.79 Å². The maximum absolute atomic E-state index is 12.2. The van der Waals surface area contributed by atoms with E-state index >= 15 is 0 Å². The van der Waals surface area contributed by atoms with Crippen molar-refractivity contribution in [3.63, 3.8) is 0 Å². The predicted molar refractivity (Wildman–Crippen MR) is 86.6 cm³/mol. The molecule has 2 heterocycles. The van der Waals surface area contributed by atoms with Crippen LogP contribution in [0.1, 0.15) is 44.2 Å². The molecule has 0 saturated carbocycles. The summed E-state index contributed by atoms with van der Waals surface area (Å²) < 4.78 is 10.7. The van der Waals surface area contributed by atoms with E-state index in [0.29, 0.717) is 13.0 Å². The van der Waals surface area contributed by atoms with Gasteiger partial charge in [-0.1, -0.05) is 38.1 Å². The SMILES string of the molecule is CC.COC1(c2ccc(CC(=O)N3CCCCC3)cc2)CO1. The number of benzene rings is 1. The highest BCUT2D eigenvalue weighted by Crippen LogP contribution is 2.39. The van der Waals surface area contributed by atoms with E-state index in [1.807, 2.05) is 43.0 Å². The van der Waals surface area contributed by atoms with Gasteiger partial charge in [-0.2, -0.15) is 0 Å². The molecule has 0 bridgehead atoms. The fraction of sp³-hybridized carbons (Fsp3) is 0.611. The molecule has 2 fully saturated rings. The van der Waals surface area contributed by atoms with Gasteiger partial charge in [0.05, 0.1) is 6.42 Å². The van der Waals surface area contributed by atoms with Gasteiger partial charge < -0.3 is 14.4 Å². The molecule has 0 radical (unpaired) electrons. The second-order valence-electron chi connectivity index (χ2n) is 5.56. The molecule has 1 unspecified atom stereocenters. The number of carbonyl (C=O) groups is 1. The molecule has 0 aliphatic carbocycles. The van der Waals surface area contributed by atoms with E-state index in [0.717, 1.165) is 37.1 Å². The fourth-order valence-corrected chi connectivity index (χ4v) is 2.77. The van der Waals surface area contributed by atoms with E-state index in [1.165, 1.54) is 6.42 Å². The quantitative estimate of drug-likeness (QED) is 0.803. The second-order valence-corrected chi connectivity index (χ2v) is 5.56. The van der Waals surface area contributed by atoms with Crippen molar-refractivity contribution in [1.82, 2.24) is 4.90 Å². The Labute approximate surface area is 133 Å². The van der Waals surface area contributed by atoms with Crippen LogP contribution >= 0.6 is 0 Å². The molecular formula is C18H27NO3. The zero-order valence-electron chi connectivity index (χ0n) is 13.9. The number of rotatable bonds is 4. The van der Waals surface area contributed by atoms with Crippen molar-refractivity contribution in [3.05, 3.63) is 35.4 Å². The number of hydrogen-bond acceptors (Lipinski definition) is 3. The number of likely N-dealkylation sites (tertiary alicyclic amines) is 1. The van der Waals surface area contributed by atoms with Crippen LogP contribution in [0, 0.1) is 0 Å². The van der Waals surface area contributed by atoms with E-state index in [2.05, 4.69) is 0 Å². The molecule has 122 valence electrons. The molecule has 0 N–H and O–H groups in total. The number of carbonyl (C=O) groups excluding carboxylic acids is 1. The number of nitrogens with zero attached hydrogens (tertiary/aromatic N) is 1. The minimum atomic E-state index is -0.532. The number of epoxide rings is 1. The third-order valence-electron chi connectivity index (χ3n) is 4.19. The van der Waals surface area contributed by atoms with Gasteiger partial charge in [-0.05, 0) is 24.8 Å². The van der Waals surface area contributed by atoms with Crippen LogP contribution in [0.15, 0.2) is 24.3 Å². The molecule has 1 atom stereocenters. The van der Waals surface area contributed by atoms with Crippen LogP contribution in [0.5, 0.6) is 0 Å². The number of ether oxygens (including phenoxy) is 2. The molecule has 0 aromatic heterocycles. The molecule has 2 aliphatic heterocycles. The van der Waals surface area contributed by atoms with Crippen molar-refractivity contribution in [2.75, 3.05) is 26.8 Å². The smallest absolute Gasteiger partial charge is 0.226 e. The molecule has 1 aromatic rings. The fourth-order valence-electron chi connectivity index (χ4n) is 2.77. The summed E-state index contributed by atoms with van der Waals surface area (Å²) >= 11 is 0. The molecule has 3 rings (SSSR count). The van der Waals surface area contributed by atoms with Gasteiger partial charge in [0.1, 0.15) is 6.61 Å². The Balaban J connectivity index is 0.000000847. The standard InChI is InChI=1S/C16H21NO3.C2H6/c1-19-16(12-20-16)14-7-5-13(6-8-14)11-15(18)17-9-3-2-4-10-17;1-2/h5-8H,2-4,9-12H2,1H3;1-2H3. The first-order valence-corrected chi connectivity index (χ1v) is 8.30. The molecule has 1 aromatic carbocycles. The van der Waals surface area contributed by atoms with Crippen LogP contribution in [0.3, 0.4) is 0 Å². The highest BCUT2D eigenvalue weighted by Gasteiger charge is 2.47. The van der Waals surface area contributed by atoms with Crippen LogP contribution in [-0.4, -0.2) is 37.6 Å². The summed E-state index contributed by atoms with van der Waals surface area (Å²) in [4.78, 5) is 14.2. The molecular weight excluding hydrogens is 278 g/mol. The van der Waals surface area contributed by atoms with E-state index in [9.17, 15) is 4.79 Å². The minimum absolute atomic E-state index is 0.238. The third-order valence-corrected chi connectivity index (χ3v) is 4.19. The Bertz CT molecular complexity index is 474. The van der Waals surface area contributed by atoms with E-state index in [1.54, 1.807) is 7.11 Å². The second kappa shape index (κ2) is 7.75. The van der Waals surface area contributed by atoms with Crippen LogP contribution < -0.4 is 0 Å². The molecule has 4 heteroatoms. The largest absolute Gasteiger partial charge is 0.347 e. The lowest BCUT2D eigenvalue weighted by atomic mass is 10.0. The highest BCUT2D eigenvalue weighted by atomic mass is 16.8. The molecule has 2 aliphatic rings. The van der Waals surface area contributed by atoms with Crippen molar-refractivity contribution in [2.24, 2.45) is 0 Å². The van der Waals surface area contributed by atoms with Crippen LogP contribution in [0.2, 0.25) is 0 Å². The number of hydrogen-bond donors (Lipinski definition) is 0. The summed E-state index contributed by atoms with van der Waals surface area (Å²) in [5.74, 6) is -0.295. The Hall–Kier alpha value is -1.39. The zero-order valence-corrected chi connectivity index (χ0v) is 13.9. The molecule has 2 saturated heterocycles. The van der Waals surface area contributed by atoms with Gasteiger partial charge in [0.25, 0.3) is 0 Å². The van der Waals surface area contributed by atoms with Crippen molar-refractivity contribution in [1.29, 1.82) is 0 Å². The van der Waals surface area contributed by atoms with Crippen molar-refractivity contribution in [2.45, 2.75) is 45.3 Å². The summed E-state index contributed by atoms with van der Waals surface area (Å²) in [5, 5.41) is 0. The van der Waals surface area contributed by atoms with Gasteiger partial charge in [-0.25, -0.2) is 0 Å². The van der Waals surface area contributed by atoms with Gasteiger partial charge in [0.15, 0.2) is 0 Å². The van der Waals surface area contributed by atoms with Crippen molar-refractivity contribution < 1.29 is 14.3 Å². The minimum Gasteiger partial charge on any atom is -0.347 e. The number of amides is 1. The monoisotopic (exact) mass is 305 g/mol. The van der Waals surface area contributed by atoms with Crippen LogP contribution in [-0.2, 0) is 26.5 Å². The molecule has 22 heavy (non-hydrogen) atoms. The van der Waals surface area contributed by atoms with Crippen molar-refractivity contribution in [3.8, 4) is 0 Å². The van der Waals surface area contributed by atoms with Crippen LogP contribution in [0.4, 0.5) is 0 Å². The highest BCUT2D eigenvalue weighted by molar-refractivity contribution is 5.78. The molecule has 4 nitrogen and oxygen atoms in total. The third kappa shape index (κ3) is 3.87.